The van der Waals surface area contributed by atoms with Crippen molar-refractivity contribution in [3.05, 3.63) is 30.1 Å². The highest BCUT2D eigenvalue weighted by Crippen LogP contribution is 2.41. The van der Waals surface area contributed by atoms with Crippen LogP contribution in [-0.4, -0.2) is 17.0 Å². The number of anilines is 1. The molecule has 19 heavy (non-hydrogen) atoms. The Hall–Kier alpha value is -1.91. The molecule has 4 nitrogen and oxygen atoms in total. The van der Waals surface area contributed by atoms with Crippen molar-refractivity contribution in [2.45, 2.75) is 32.1 Å². The maximum atomic E-state index is 13.4. The third-order valence-electron chi connectivity index (χ3n) is 3.66. The zero-order valence-corrected chi connectivity index (χ0v) is 10.5. The Kier molecular flexibility index (Phi) is 3.83. The van der Waals surface area contributed by atoms with E-state index in [2.05, 4.69) is 5.32 Å². The maximum Gasteiger partial charge on any atom is 0.310 e. The number of benzene rings is 1. The molecular formula is C14H16FNO3. The molecule has 1 aromatic rings. The molecule has 1 saturated carbocycles. The number of carbonyl (C=O) groups is 2. The minimum absolute atomic E-state index is 0.0889. The Morgan fingerprint density at radius 3 is 2.47 bits per heavy atom. The topological polar surface area (TPSA) is 66.4 Å². The lowest BCUT2D eigenvalue weighted by atomic mass is 9.82. The van der Waals surface area contributed by atoms with E-state index in [-0.39, 0.29) is 12.1 Å². The second-order valence-electron chi connectivity index (χ2n) is 5.00. The highest BCUT2D eigenvalue weighted by molar-refractivity contribution is 5.94. The largest absolute Gasteiger partial charge is 0.481 e. The van der Waals surface area contributed by atoms with Gasteiger partial charge in [-0.3, -0.25) is 9.59 Å². The first-order valence-corrected chi connectivity index (χ1v) is 6.31. The van der Waals surface area contributed by atoms with E-state index in [1.807, 2.05) is 0 Å². The molecule has 2 rings (SSSR count). The van der Waals surface area contributed by atoms with Crippen LogP contribution < -0.4 is 5.32 Å². The van der Waals surface area contributed by atoms with E-state index in [0.29, 0.717) is 12.8 Å². The summed E-state index contributed by atoms with van der Waals surface area (Å²) >= 11 is 0. The Morgan fingerprint density at radius 2 is 1.89 bits per heavy atom. The number of carboxylic acid groups (broad SMARTS) is 1. The summed E-state index contributed by atoms with van der Waals surface area (Å²) in [6, 6.07) is 5.84. The molecule has 1 fully saturated rings. The summed E-state index contributed by atoms with van der Waals surface area (Å²) in [5.74, 6) is -1.91. The average molecular weight is 265 g/mol. The van der Waals surface area contributed by atoms with Crippen molar-refractivity contribution in [3.8, 4) is 0 Å². The van der Waals surface area contributed by atoms with Crippen molar-refractivity contribution in [3.63, 3.8) is 0 Å². The van der Waals surface area contributed by atoms with Crippen molar-refractivity contribution in [2.24, 2.45) is 5.41 Å². The Morgan fingerprint density at radius 1 is 1.26 bits per heavy atom. The van der Waals surface area contributed by atoms with Crippen molar-refractivity contribution in [2.75, 3.05) is 5.32 Å². The minimum Gasteiger partial charge on any atom is -0.481 e. The monoisotopic (exact) mass is 265 g/mol. The lowest BCUT2D eigenvalue weighted by molar-refractivity contribution is -0.150. The van der Waals surface area contributed by atoms with E-state index in [9.17, 15) is 19.1 Å². The third kappa shape index (κ3) is 2.92. The van der Waals surface area contributed by atoms with Gasteiger partial charge in [0.15, 0.2) is 0 Å². The van der Waals surface area contributed by atoms with E-state index in [1.54, 1.807) is 6.07 Å². The average Bonchev–Trinajstić information content (AvgIpc) is 2.82. The van der Waals surface area contributed by atoms with Crippen LogP contribution >= 0.6 is 0 Å². The second-order valence-corrected chi connectivity index (χ2v) is 5.00. The summed E-state index contributed by atoms with van der Waals surface area (Å²) in [7, 11) is 0. The first-order valence-electron chi connectivity index (χ1n) is 6.31. The zero-order chi connectivity index (χ0) is 13.9. The van der Waals surface area contributed by atoms with Crippen LogP contribution in [0.5, 0.6) is 0 Å². The molecule has 0 aromatic heterocycles. The molecule has 0 spiro atoms. The van der Waals surface area contributed by atoms with E-state index >= 15 is 0 Å². The number of amides is 1. The maximum absolute atomic E-state index is 13.4. The molecule has 2 N–H and O–H groups in total. The van der Waals surface area contributed by atoms with Crippen LogP contribution in [-0.2, 0) is 9.59 Å². The summed E-state index contributed by atoms with van der Waals surface area (Å²) in [4.78, 5) is 23.2. The van der Waals surface area contributed by atoms with Gasteiger partial charge in [-0.05, 0) is 25.0 Å². The van der Waals surface area contributed by atoms with E-state index in [4.69, 9.17) is 0 Å². The summed E-state index contributed by atoms with van der Waals surface area (Å²) in [5, 5.41) is 11.7. The predicted octanol–water partition coefficient (Wildman–Crippen LogP) is 2.80. The van der Waals surface area contributed by atoms with Gasteiger partial charge in [0, 0.05) is 6.42 Å². The smallest absolute Gasteiger partial charge is 0.310 e. The second kappa shape index (κ2) is 5.38. The quantitative estimate of drug-likeness (QED) is 0.879. The number of para-hydroxylation sites is 1. The summed E-state index contributed by atoms with van der Waals surface area (Å²) in [6.07, 6.45) is 2.55. The number of hydrogen-bond acceptors (Lipinski definition) is 2. The van der Waals surface area contributed by atoms with Gasteiger partial charge >= 0.3 is 5.97 Å². The summed E-state index contributed by atoms with van der Waals surface area (Å²) < 4.78 is 13.4. The molecule has 0 heterocycles. The number of halogens is 1. The molecular weight excluding hydrogens is 249 g/mol. The van der Waals surface area contributed by atoms with Crippen LogP contribution in [0.25, 0.3) is 0 Å². The fourth-order valence-electron chi connectivity index (χ4n) is 2.58. The molecule has 0 atom stereocenters. The van der Waals surface area contributed by atoms with E-state index < -0.39 is 23.1 Å². The first-order chi connectivity index (χ1) is 9.03. The number of aliphatic carboxylic acids is 1. The van der Waals surface area contributed by atoms with Crippen LogP contribution in [0, 0.1) is 11.2 Å². The third-order valence-corrected chi connectivity index (χ3v) is 3.66. The standard InChI is InChI=1S/C14H16FNO3/c15-10-5-1-2-6-11(10)16-12(17)9-14(13(18)19)7-3-4-8-14/h1-2,5-6H,3-4,7-9H2,(H,16,17)(H,18,19). The molecule has 102 valence electrons. The van der Waals surface area contributed by atoms with Gasteiger partial charge in [-0.2, -0.15) is 0 Å². The molecule has 0 aliphatic heterocycles. The van der Waals surface area contributed by atoms with E-state index in [1.165, 1.54) is 18.2 Å². The zero-order valence-electron chi connectivity index (χ0n) is 10.5. The molecule has 1 amide bonds. The fourth-order valence-corrected chi connectivity index (χ4v) is 2.58. The van der Waals surface area contributed by atoms with Gasteiger partial charge in [-0.1, -0.05) is 25.0 Å². The number of carbonyl (C=O) groups excluding carboxylic acids is 1. The highest BCUT2D eigenvalue weighted by atomic mass is 19.1. The van der Waals surface area contributed by atoms with Gasteiger partial charge in [0.25, 0.3) is 0 Å². The van der Waals surface area contributed by atoms with Crippen molar-refractivity contribution < 1.29 is 19.1 Å². The van der Waals surface area contributed by atoms with Gasteiger partial charge in [-0.15, -0.1) is 0 Å². The molecule has 5 heteroatoms. The molecule has 0 bridgehead atoms. The minimum atomic E-state index is -0.977. The van der Waals surface area contributed by atoms with Gasteiger partial charge in [0.05, 0.1) is 11.1 Å². The molecule has 1 aliphatic carbocycles. The summed E-state index contributed by atoms with van der Waals surface area (Å²) in [5.41, 5.74) is -0.888. The molecule has 0 saturated heterocycles. The van der Waals surface area contributed by atoms with Crippen molar-refractivity contribution >= 4 is 17.6 Å². The Bertz CT molecular complexity index is 495. The molecule has 0 radical (unpaired) electrons. The van der Waals surface area contributed by atoms with E-state index in [0.717, 1.165) is 12.8 Å². The van der Waals surface area contributed by atoms with Gasteiger partial charge in [0.2, 0.25) is 5.91 Å². The molecule has 1 aliphatic rings. The molecule has 0 unspecified atom stereocenters. The molecule has 1 aromatic carbocycles. The van der Waals surface area contributed by atoms with Gasteiger partial charge in [-0.25, -0.2) is 4.39 Å². The summed E-state index contributed by atoms with van der Waals surface area (Å²) in [6.45, 7) is 0. The van der Waals surface area contributed by atoms with Crippen LogP contribution in [0.1, 0.15) is 32.1 Å². The normalized spacial score (nSPS) is 17.1. The number of rotatable bonds is 4. The number of hydrogen-bond donors (Lipinski definition) is 2. The first kappa shape index (κ1) is 13.5. The van der Waals surface area contributed by atoms with Crippen LogP contribution in [0.2, 0.25) is 0 Å². The Labute approximate surface area is 110 Å². The predicted molar refractivity (Wildman–Crippen MR) is 68.2 cm³/mol. The highest BCUT2D eigenvalue weighted by Gasteiger charge is 2.43. The lowest BCUT2D eigenvalue weighted by Crippen LogP contribution is -2.32. The number of nitrogens with one attached hydrogen (secondary N) is 1. The number of carboxylic acids is 1. The van der Waals surface area contributed by atoms with Gasteiger partial charge < -0.3 is 10.4 Å². The van der Waals surface area contributed by atoms with Crippen LogP contribution in [0.4, 0.5) is 10.1 Å². The van der Waals surface area contributed by atoms with Crippen LogP contribution in [0.3, 0.4) is 0 Å². The van der Waals surface area contributed by atoms with Crippen molar-refractivity contribution in [1.82, 2.24) is 0 Å². The Balaban J connectivity index is 2.05. The fraction of sp³-hybridized carbons (Fsp3) is 0.429. The van der Waals surface area contributed by atoms with Crippen molar-refractivity contribution in [1.29, 1.82) is 0 Å². The SMILES string of the molecule is O=C(CC1(C(=O)O)CCCC1)Nc1ccccc1F. The lowest BCUT2D eigenvalue weighted by Gasteiger charge is -2.22. The van der Waals surface area contributed by atoms with Crippen LogP contribution in [0.15, 0.2) is 24.3 Å². The van der Waals surface area contributed by atoms with Gasteiger partial charge in [0.1, 0.15) is 5.82 Å².